The average molecular weight is 423 g/mol. The monoisotopic (exact) mass is 422 g/mol. The molecule has 1 saturated heterocycles. The predicted octanol–water partition coefficient (Wildman–Crippen LogP) is 2.28. The maximum atomic E-state index is 13.2. The van der Waals surface area contributed by atoms with Crippen molar-refractivity contribution < 1.29 is 8.42 Å². The second-order valence-corrected chi connectivity index (χ2v) is 9.97. The van der Waals surface area contributed by atoms with Crippen LogP contribution in [0.2, 0.25) is 0 Å². The Morgan fingerprint density at radius 1 is 1.10 bits per heavy atom. The predicted molar refractivity (Wildman–Crippen MR) is 110 cm³/mol. The first-order chi connectivity index (χ1) is 14.4. The van der Waals surface area contributed by atoms with E-state index in [1.54, 1.807) is 22.9 Å². The molecule has 2 aliphatic heterocycles. The first-order valence-electron chi connectivity index (χ1n) is 9.99. The van der Waals surface area contributed by atoms with E-state index in [4.69, 9.17) is 4.98 Å². The van der Waals surface area contributed by atoms with E-state index in [0.717, 1.165) is 42.9 Å². The van der Waals surface area contributed by atoms with E-state index in [2.05, 4.69) is 9.67 Å². The summed E-state index contributed by atoms with van der Waals surface area (Å²) in [4.78, 5) is 4.84. The lowest BCUT2D eigenvalue weighted by Crippen LogP contribution is -2.44. The highest BCUT2D eigenvalue weighted by atomic mass is 32.2. The van der Waals surface area contributed by atoms with Crippen LogP contribution in [0.5, 0.6) is 0 Å². The lowest BCUT2D eigenvalue weighted by molar-refractivity contribution is 0.228. The maximum absolute atomic E-state index is 13.2. The highest BCUT2D eigenvalue weighted by molar-refractivity contribution is 7.89. The van der Waals surface area contributed by atoms with E-state index in [-0.39, 0.29) is 15.9 Å². The molecule has 3 aromatic rings. The number of rotatable bonds is 3. The topological polar surface area (TPSA) is 96.8 Å². The summed E-state index contributed by atoms with van der Waals surface area (Å²) < 4.78 is 31.9. The second kappa shape index (κ2) is 6.79. The van der Waals surface area contributed by atoms with Gasteiger partial charge in [0.05, 0.1) is 28.5 Å². The van der Waals surface area contributed by atoms with Gasteiger partial charge < -0.3 is 4.57 Å². The van der Waals surface area contributed by atoms with Crippen LogP contribution in [0.15, 0.2) is 47.8 Å². The fourth-order valence-electron chi connectivity index (χ4n) is 4.80. The Balaban J connectivity index is 1.40. The van der Waals surface area contributed by atoms with Gasteiger partial charge in [0.25, 0.3) is 0 Å². The fourth-order valence-corrected chi connectivity index (χ4v) is 6.38. The van der Waals surface area contributed by atoms with Crippen LogP contribution in [-0.4, -0.2) is 45.1 Å². The molecule has 30 heavy (non-hydrogen) atoms. The van der Waals surface area contributed by atoms with Crippen LogP contribution >= 0.6 is 0 Å². The van der Waals surface area contributed by atoms with Gasteiger partial charge in [-0.3, -0.25) is 4.68 Å². The van der Waals surface area contributed by atoms with Crippen molar-refractivity contribution in [1.29, 1.82) is 5.26 Å². The van der Waals surface area contributed by atoms with Crippen LogP contribution in [0.25, 0.3) is 11.3 Å². The van der Waals surface area contributed by atoms with Crippen molar-refractivity contribution in [2.24, 2.45) is 7.05 Å². The molecule has 8 nitrogen and oxygen atoms in total. The summed E-state index contributed by atoms with van der Waals surface area (Å²) in [7, 11) is -1.80. The molecule has 9 heteroatoms. The molecule has 5 rings (SSSR count). The molecule has 0 amide bonds. The van der Waals surface area contributed by atoms with Crippen LogP contribution < -0.4 is 0 Å². The number of hydrogen-bond donors (Lipinski definition) is 0. The molecule has 0 unspecified atom stereocenters. The van der Waals surface area contributed by atoms with Gasteiger partial charge in [-0.2, -0.15) is 14.7 Å². The molecule has 0 saturated carbocycles. The minimum atomic E-state index is -3.69. The van der Waals surface area contributed by atoms with Crippen LogP contribution in [0.3, 0.4) is 0 Å². The van der Waals surface area contributed by atoms with Gasteiger partial charge in [-0.25, -0.2) is 13.4 Å². The molecule has 154 valence electrons. The Bertz CT molecular complexity index is 1260. The maximum Gasteiger partial charge on any atom is 0.244 e. The number of imidazole rings is 1. The zero-order valence-electron chi connectivity index (χ0n) is 16.7. The number of benzene rings is 1. The number of nitriles is 1. The van der Waals surface area contributed by atoms with Gasteiger partial charge in [0.15, 0.2) is 0 Å². The van der Waals surface area contributed by atoms with Crippen LogP contribution in [0, 0.1) is 11.3 Å². The van der Waals surface area contributed by atoms with Crippen molar-refractivity contribution in [3.05, 3.63) is 54.2 Å². The zero-order valence-corrected chi connectivity index (χ0v) is 17.5. The van der Waals surface area contributed by atoms with E-state index in [9.17, 15) is 13.7 Å². The lowest BCUT2D eigenvalue weighted by Gasteiger charge is -2.37. The molecule has 0 N–H and O–H groups in total. The average Bonchev–Trinajstić information content (AvgIpc) is 3.46. The minimum absolute atomic E-state index is 0.0928. The van der Waals surface area contributed by atoms with Crippen LogP contribution in [-0.2, 0) is 29.0 Å². The fraction of sp³-hybridized carbons (Fsp3) is 0.381. The quantitative estimate of drug-likeness (QED) is 0.645. The van der Waals surface area contributed by atoms with Gasteiger partial charge in [-0.1, -0.05) is 12.1 Å². The number of hydrogen-bond acceptors (Lipinski definition) is 5. The molecular weight excluding hydrogens is 400 g/mol. The summed E-state index contributed by atoms with van der Waals surface area (Å²) in [5.41, 5.74) is 2.20. The molecule has 0 atom stereocenters. The van der Waals surface area contributed by atoms with E-state index < -0.39 is 10.0 Å². The first-order valence-corrected chi connectivity index (χ1v) is 11.4. The molecule has 1 aromatic carbocycles. The van der Waals surface area contributed by atoms with Crippen LogP contribution in [0.4, 0.5) is 0 Å². The Labute approximate surface area is 175 Å². The first kappa shape index (κ1) is 19.0. The SMILES string of the molecule is Cn1cc(-c2cnc3n2CCC32CCN(S(=O)(=O)c3ccccc3C#N)CC2)cn1. The molecule has 0 radical (unpaired) electrons. The van der Waals surface area contributed by atoms with E-state index in [1.807, 2.05) is 31.7 Å². The van der Waals surface area contributed by atoms with Crippen molar-refractivity contribution in [1.82, 2.24) is 23.6 Å². The Hall–Kier alpha value is -2.96. The van der Waals surface area contributed by atoms with E-state index in [1.165, 1.54) is 10.4 Å². The Morgan fingerprint density at radius 2 is 1.83 bits per heavy atom. The standard InChI is InChI=1S/C21H22N6O2S/c1-25-15-17(13-24-25)18-14-23-20-21(8-11-27(18)20)6-9-26(10-7-21)30(28,29)19-5-3-2-4-16(19)12-22/h2-5,13-15H,6-11H2,1H3. The third kappa shape index (κ3) is 2.79. The summed E-state index contributed by atoms with van der Waals surface area (Å²) in [6.45, 7) is 1.73. The highest BCUT2D eigenvalue weighted by Crippen LogP contribution is 2.45. The number of fused-ring (bicyclic) bond motifs is 2. The van der Waals surface area contributed by atoms with Gasteiger partial charge >= 0.3 is 0 Å². The smallest absolute Gasteiger partial charge is 0.244 e. The summed E-state index contributed by atoms with van der Waals surface area (Å²) in [5, 5.41) is 13.6. The van der Waals surface area contributed by atoms with Crippen molar-refractivity contribution >= 4 is 10.0 Å². The third-order valence-corrected chi connectivity index (χ3v) is 8.41. The zero-order chi connectivity index (χ0) is 20.9. The molecule has 0 bridgehead atoms. The minimum Gasteiger partial charge on any atom is -0.327 e. The lowest BCUT2D eigenvalue weighted by atomic mass is 9.77. The van der Waals surface area contributed by atoms with E-state index >= 15 is 0 Å². The van der Waals surface area contributed by atoms with E-state index in [0.29, 0.717) is 13.1 Å². The van der Waals surface area contributed by atoms with Crippen molar-refractivity contribution in [2.45, 2.75) is 36.1 Å². The van der Waals surface area contributed by atoms with Gasteiger partial charge in [-0.05, 0) is 31.4 Å². The number of aryl methyl sites for hydroxylation is 1. The molecule has 1 spiro atoms. The van der Waals surface area contributed by atoms with Crippen LogP contribution in [0.1, 0.15) is 30.7 Å². The summed E-state index contributed by atoms with van der Waals surface area (Å²) >= 11 is 0. The van der Waals surface area contributed by atoms with Gasteiger partial charge in [-0.15, -0.1) is 0 Å². The largest absolute Gasteiger partial charge is 0.327 e. The highest BCUT2D eigenvalue weighted by Gasteiger charge is 2.46. The molecule has 2 aromatic heterocycles. The number of nitrogens with zero attached hydrogens (tertiary/aromatic N) is 6. The van der Waals surface area contributed by atoms with Crippen molar-refractivity contribution in [2.75, 3.05) is 13.1 Å². The summed E-state index contributed by atoms with van der Waals surface area (Å²) in [5.74, 6) is 1.05. The Morgan fingerprint density at radius 3 is 2.53 bits per heavy atom. The third-order valence-electron chi connectivity index (χ3n) is 6.45. The molecule has 0 aliphatic carbocycles. The van der Waals surface area contributed by atoms with Crippen molar-refractivity contribution in [3.8, 4) is 17.3 Å². The normalized spacial score (nSPS) is 18.4. The van der Waals surface area contributed by atoms with Gasteiger partial charge in [0.1, 0.15) is 11.9 Å². The van der Waals surface area contributed by atoms with Crippen molar-refractivity contribution in [3.63, 3.8) is 0 Å². The van der Waals surface area contributed by atoms with Gasteiger partial charge in [0.2, 0.25) is 10.0 Å². The molecule has 2 aliphatic rings. The summed E-state index contributed by atoms with van der Waals surface area (Å²) in [6, 6.07) is 8.40. The number of piperidine rings is 1. The Kier molecular flexibility index (Phi) is 4.31. The second-order valence-electron chi connectivity index (χ2n) is 8.06. The summed E-state index contributed by atoms with van der Waals surface area (Å²) in [6.07, 6.45) is 8.15. The number of aromatic nitrogens is 4. The number of sulfonamides is 1. The molecule has 1 fully saturated rings. The molecule has 4 heterocycles. The molecular formula is C21H22N6O2S. The van der Waals surface area contributed by atoms with Gasteiger partial charge in [0, 0.05) is 43.9 Å².